The molecule has 0 aromatic heterocycles. The Bertz CT molecular complexity index is 583. The van der Waals surface area contributed by atoms with E-state index in [2.05, 4.69) is 62.6 Å². The SMILES string of the molecule is CC(NC(=O)C(C)(C)C)C(=O)NC(c1ccc(C(C)C)cc1)C(C)C. The molecule has 25 heavy (non-hydrogen) atoms. The largest absolute Gasteiger partial charge is 0.347 e. The number of carbonyl (C=O) groups is 2. The summed E-state index contributed by atoms with van der Waals surface area (Å²) in [5, 5.41) is 5.87. The highest BCUT2D eigenvalue weighted by Gasteiger charge is 2.27. The van der Waals surface area contributed by atoms with Crippen molar-refractivity contribution in [2.45, 2.75) is 73.4 Å². The van der Waals surface area contributed by atoms with Crippen LogP contribution in [0.25, 0.3) is 0 Å². The van der Waals surface area contributed by atoms with Crippen molar-refractivity contribution in [3.05, 3.63) is 35.4 Å². The van der Waals surface area contributed by atoms with Gasteiger partial charge >= 0.3 is 0 Å². The number of rotatable bonds is 6. The molecule has 2 N–H and O–H groups in total. The fourth-order valence-corrected chi connectivity index (χ4v) is 2.48. The molecule has 0 aliphatic heterocycles. The topological polar surface area (TPSA) is 58.2 Å². The summed E-state index contributed by atoms with van der Waals surface area (Å²) in [6.45, 7) is 15.7. The first kappa shape index (κ1) is 21.2. The fraction of sp³-hybridized carbons (Fsp3) is 0.619. The zero-order valence-corrected chi connectivity index (χ0v) is 16.9. The number of nitrogens with one attached hydrogen (secondary N) is 2. The summed E-state index contributed by atoms with van der Waals surface area (Å²) in [5.74, 6) is 0.440. The number of hydrogen-bond acceptors (Lipinski definition) is 2. The molecule has 2 atom stereocenters. The van der Waals surface area contributed by atoms with Crippen molar-refractivity contribution in [1.29, 1.82) is 0 Å². The maximum Gasteiger partial charge on any atom is 0.242 e. The Hall–Kier alpha value is -1.84. The quantitative estimate of drug-likeness (QED) is 0.812. The van der Waals surface area contributed by atoms with Gasteiger partial charge in [-0.25, -0.2) is 0 Å². The monoisotopic (exact) mass is 346 g/mol. The van der Waals surface area contributed by atoms with Crippen molar-refractivity contribution >= 4 is 11.8 Å². The molecule has 2 unspecified atom stereocenters. The summed E-state index contributed by atoms with van der Waals surface area (Å²) in [4.78, 5) is 24.6. The van der Waals surface area contributed by atoms with Crippen LogP contribution in [0.2, 0.25) is 0 Å². The number of carbonyl (C=O) groups excluding carboxylic acids is 2. The first-order valence-electron chi connectivity index (χ1n) is 9.14. The standard InChI is InChI=1S/C21H34N2O2/c1-13(2)16-9-11-17(12-10-16)18(14(3)4)23-19(24)15(5)22-20(25)21(6,7)8/h9-15,18H,1-8H3,(H,22,25)(H,23,24). The van der Waals surface area contributed by atoms with E-state index in [0.29, 0.717) is 5.92 Å². The second-order valence-electron chi connectivity index (χ2n) is 8.50. The molecule has 0 aliphatic rings. The molecule has 1 rings (SSSR count). The molecule has 0 spiro atoms. The van der Waals surface area contributed by atoms with Crippen LogP contribution in [-0.4, -0.2) is 17.9 Å². The predicted molar refractivity (Wildman–Crippen MR) is 103 cm³/mol. The van der Waals surface area contributed by atoms with Crippen LogP contribution in [0.15, 0.2) is 24.3 Å². The van der Waals surface area contributed by atoms with Crippen LogP contribution in [0.1, 0.15) is 78.5 Å². The van der Waals surface area contributed by atoms with Gasteiger partial charge in [-0.05, 0) is 29.9 Å². The summed E-state index contributed by atoms with van der Waals surface area (Å²) in [6, 6.07) is 7.75. The average molecular weight is 347 g/mol. The van der Waals surface area contributed by atoms with Crippen LogP contribution < -0.4 is 10.6 Å². The Labute approximate surface area is 152 Å². The molecule has 0 saturated carbocycles. The number of hydrogen-bond donors (Lipinski definition) is 2. The van der Waals surface area contributed by atoms with Crippen LogP contribution in [-0.2, 0) is 9.59 Å². The summed E-state index contributed by atoms with van der Waals surface area (Å²) in [7, 11) is 0. The third kappa shape index (κ3) is 6.18. The Kier molecular flexibility index (Phi) is 7.21. The highest BCUT2D eigenvalue weighted by molar-refractivity contribution is 5.89. The third-order valence-electron chi connectivity index (χ3n) is 4.35. The van der Waals surface area contributed by atoms with Crippen LogP contribution in [0, 0.1) is 11.3 Å². The molecule has 2 amide bonds. The lowest BCUT2D eigenvalue weighted by atomic mass is 9.93. The van der Waals surface area contributed by atoms with Gasteiger partial charge in [-0.15, -0.1) is 0 Å². The summed E-state index contributed by atoms with van der Waals surface area (Å²) in [5.41, 5.74) is 1.85. The van der Waals surface area contributed by atoms with Gasteiger partial charge < -0.3 is 10.6 Å². The average Bonchev–Trinajstić information content (AvgIpc) is 2.51. The first-order valence-corrected chi connectivity index (χ1v) is 9.14. The molecule has 0 aliphatic carbocycles. The van der Waals surface area contributed by atoms with Gasteiger partial charge in [-0.1, -0.05) is 72.7 Å². The highest BCUT2D eigenvalue weighted by Crippen LogP contribution is 2.24. The minimum atomic E-state index is -0.567. The van der Waals surface area contributed by atoms with E-state index in [9.17, 15) is 9.59 Å². The van der Waals surface area contributed by atoms with Crippen molar-refractivity contribution in [2.24, 2.45) is 11.3 Å². The molecule has 0 radical (unpaired) electrons. The van der Waals surface area contributed by atoms with Gasteiger partial charge in [0, 0.05) is 5.41 Å². The fourth-order valence-electron chi connectivity index (χ4n) is 2.48. The van der Waals surface area contributed by atoms with E-state index < -0.39 is 11.5 Å². The Balaban J connectivity index is 2.83. The van der Waals surface area contributed by atoms with Gasteiger partial charge in [0.05, 0.1) is 6.04 Å². The number of benzene rings is 1. The summed E-state index contributed by atoms with van der Waals surface area (Å²) >= 11 is 0. The molecule has 0 bridgehead atoms. The molecular weight excluding hydrogens is 312 g/mol. The van der Waals surface area contributed by atoms with Gasteiger partial charge in [0.2, 0.25) is 11.8 Å². The van der Waals surface area contributed by atoms with Crippen LogP contribution in [0.4, 0.5) is 0 Å². The molecule has 0 fully saturated rings. The predicted octanol–water partition coefficient (Wildman–Crippen LogP) is 4.17. The van der Waals surface area contributed by atoms with E-state index in [1.165, 1.54) is 5.56 Å². The van der Waals surface area contributed by atoms with E-state index >= 15 is 0 Å². The molecule has 0 saturated heterocycles. The lowest BCUT2D eigenvalue weighted by Gasteiger charge is -2.27. The normalized spacial score (nSPS) is 14.3. The van der Waals surface area contributed by atoms with Crippen LogP contribution in [0.3, 0.4) is 0 Å². The minimum Gasteiger partial charge on any atom is -0.347 e. The summed E-state index contributed by atoms with van der Waals surface area (Å²) < 4.78 is 0. The first-order chi connectivity index (χ1) is 11.4. The van der Waals surface area contributed by atoms with Gasteiger partial charge in [0.25, 0.3) is 0 Å². The zero-order chi connectivity index (χ0) is 19.4. The van der Waals surface area contributed by atoms with E-state index in [4.69, 9.17) is 0 Å². The second-order valence-corrected chi connectivity index (χ2v) is 8.50. The Morgan fingerprint density at radius 2 is 1.32 bits per heavy atom. The lowest BCUT2D eigenvalue weighted by Crippen LogP contribution is -2.49. The van der Waals surface area contributed by atoms with Gasteiger partial charge in [-0.2, -0.15) is 0 Å². The highest BCUT2D eigenvalue weighted by atomic mass is 16.2. The van der Waals surface area contributed by atoms with Crippen LogP contribution >= 0.6 is 0 Å². The van der Waals surface area contributed by atoms with Crippen LogP contribution in [0.5, 0.6) is 0 Å². The van der Waals surface area contributed by atoms with Gasteiger partial charge in [-0.3, -0.25) is 9.59 Å². The molecule has 0 heterocycles. The Morgan fingerprint density at radius 1 is 0.840 bits per heavy atom. The van der Waals surface area contributed by atoms with E-state index in [1.807, 2.05) is 20.8 Å². The molecule has 140 valence electrons. The summed E-state index contributed by atoms with van der Waals surface area (Å²) in [6.07, 6.45) is 0. The smallest absolute Gasteiger partial charge is 0.242 e. The molecule has 1 aromatic carbocycles. The lowest BCUT2D eigenvalue weighted by molar-refractivity contribution is -0.133. The molecule has 4 heteroatoms. The maximum atomic E-state index is 12.5. The van der Waals surface area contributed by atoms with Crippen molar-refractivity contribution in [2.75, 3.05) is 0 Å². The van der Waals surface area contributed by atoms with Gasteiger partial charge in [0.15, 0.2) is 0 Å². The van der Waals surface area contributed by atoms with Crippen molar-refractivity contribution in [3.63, 3.8) is 0 Å². The second kappa shape index (κ2) is 8.50. The van der Waals surface area contributed by atoms with E-state index in [-0.39, 0.29) is 23.8 Å². The van der Waals surface area contributed by atoms with E-state index in [1.54, 1.807) is 6.92 Å². The zero-order valence-electron chi connectivity index (χ0n) is 16.9. The molecule has 1 aromatic rings. The van der Waals surface area contributed by atoms with Gasteiger partial charge in [0.1, 0.15) is 6.04 Å². The molecule has 4 nitrogen and oxygen atoms in total. The van der Waals surface area contributed by atoms with E-state index in [0.717, 1.165) is 5.56 Å². The number of amides is 2. The third-order valence-corrected chi connectivity index (χ3v) is 4.35. The van der Waals surface area contributed by atoms with Crippen molar-refractivity contribution in [1.82, 2.24) is 10.6 Å². The van der Waals surface area contributed by atoms with Crippen molar-refractivity contribution < 1.29 is 9.59 Å². The van der Waals surface area contributed by atoms with Crippen molar-refractivity contribution in [3.8, 4) is 0 Å². The maximum absolute atomic E-state index is 12.5. The molecular formula is C21H34N2O2. The minimum absolute atomic E-state index is 0.0808. The Morgan fingerprint density at radius 3 is 1.72 bits per heavy atom.